The Kier molecular flexibility index (Phi) is 5.04. The van der Waals surface area contributed by atoms with Crippen LogP contribution < -0.4 is 15.0 Å². The van der Waals surface area contributed by atoms with Crippen LogP contribution in [0.3, 0.4) is 0 Å². The van der Waals surface area contributed by atoms with E-state index in [-0.39, 0.29) is 11.9 Å². The van der Waals surface area contributed by atoms with Crippen molar-refractivity contribution in [3.8, 4) is 5.75 Å². The normalized spacial score (nSPS) is 11.6. The molecule has 0 aliphatic rings. The van der Waals surface area contributed by atoms with E-state index in [2.05, 4.69) is 5.32 Å². The fourth-order valence-corrected chi connectivity index (χ4v) is 2.31. The summed E-state index contributed by atoms with van der Waals surface area (Å²) in [5, 5.41) is 3.02. The van der Waals surface area contributed by atoms with Gasteiger partial charge in [-0.15, -0.1) is 0 Å². The van der Waals surface area contributed by atoms with Crippen molar-refractivity contribution in [2.75, 3.05) is 26.1 Å². The maximum atomic E-state index is 12.4. The summed E-state index contributed by atoms with van der Waals surface area (Å²) in [6.45, 7) is 1.95. The molecule has 0 saturated carbocycles. The van der Waals surface area contributed by atoms with Gasteiger partial charge in [0.15, 0.2) is 0 Å². The number of ether oxygens (including phenoxy) is 1. The summed E-state index contributed by atoms with van der Waals surface area (Å²) in [6.07, 6.45) is 0. The number of carbonyl (C=O) groups excluding carboxylic acids is 1. The molecule has 4 heteroatoms. The van der Waals surface area contributed by atoms with Crippen molar-refractivity contribution in [2.45, 2.75) is 13.0 Å². The van der Waals surface area contributed by atoms with Crippen LogP contribution in [-0.4, -0.2) is 27.1 Å². The predicted molar refractivity (Wildman–Crippen MR) is 89.6 cm³/mol. The molecule has 1 N–H and O–H groups in total. The first kappa shape index (κ1) is 15.9. The van der Waals surface area contributed by atoms with E-state index in [4.69, 9.17) is 4.74 Å². The lowest BCUT2D eigenvalue weighted by Crippen LogP contribution is -2.27. The minimum atomic E-state index is -0.133. The van der Waals surface area contributed by atoms with Gasteiger partial charge >= 0.3 is 0 Å². The number of nitrogens with zero attached hydrogens (tertiary/aromatic N) is 1. The van der Waals surface area contributed by atoms with Gasteiger partial charge in [0.2, 0.25) is 0 Å². The second kappa shape index (κ2) is 6.98. The Bertz CT molecular complexity index is 653. The van der Waals surface area contributed by atoms with Crippen LogP contribution in [0.2, 0.25) is 0 Å². The molecule has 1 amide bonds. The molecule has 0 radical (unpaired) electrons. The van der Waals surface area contributed by atoms with Crippen molar-refractivity contribution in [3.05, 3.63) is 59.7 Å². The Hall–Kier alpha value is -2.49. The molecule has 2 aromatic carbocycles. The van der Waals surface area contributed by atoms with Gasteiger partial charge in [0.05, 0.1) is 13.2 Å². The van der Waals surface area contributed by atoms with Gasteiger partial charge < -0.3 is 15.0 Å². The molecule has 0 fully saturated rings. The van der Waals surface area contributed by atoms with Crippen LogP contribution in [0.5, 0.6) is 5.75 Å². The molecule has 0 bridgehead atoms. The monoisotopic (exact) mass is 298 g/mol. The molecule has 1 atom stereocenters. The maximum absolute atomic E-state index is 12.4. The molecule has 0 aromatic heterocycles. The zero-order chi connectivity index (χ0) is 16.1. The minimum Gasteiger partial charge on any atom is -0.496 e. The van der Waals surface area contributed by atoms with Crippen LogP contribution in [0.4, 0.5) is 5.69 Å². The molecule has 0 aliphatic carbocycles. The van der Waals surface area contributed by atoms with Gasteiger partial charge in [-0.2, -0.15) is 0 Å². The second-order valence-electron chi connectivity index (χ2n) is 5.38. The number of rotatable bonds is 5. The van der Waals surface area contributed by atoms with E-state index >= 15 is 0 Å². The van der Waals surface area contributed by atoms with Gasteiger partial charge in [0, 0.05) is 30.9 Å². The van der Waals surface area contributed by atoms with Crippen molar-refractivity contribution in [2.24, 2.45) is 0 Å². The van der Waals surface area contributed by atoms with Crippen LogP contribution in [0.25, 0.3) is 0 Å². The average molecular weight is 298 g/mol. The van der Waals surface area contributed by atoms with E-state index < -0.39 is 0 Å². The van der Waals surface area contributed by atoms with Gasteiger partial charge in [-0.05, 0) is 31.2 Å². The highest BCUT2D eigenvalue weighted by molar-refractivity contribution is 5.95. The number of hydrogen-bond acceptors (Lipinski definition) is 3. The maximum Gasteiger partial charge on any atom is 0.251 e. The number of nitrogens with one attached hydrogen (secondary N) is 1. The van der Waals surface area contributed by atoms with Crippen molar-refractivity contribution < 1.29 is 9.53 Å². The molecule has 4 nitrogen and oxygen atoms in total. The highest BCUT2D eigenvalue weighted by Crippen LogP contribution is 2.24. The molecular formula is C18H22N2O2. The molecule has 0 spiro atoms. The van der Waals surface area contributed by atoms with E-state index in [9.17, 15) is 4.79 Å². The van der Waals surface area contributed by atoms with Crippen LogP contribution in [0, 0.1) is 0 Å². The smallest absolute Gasteiger partial charge is 0.251 e. The fourth-order valence-electron chi connectivity index (χ4n) is 2.31. The quantitative estimate of drug-likeness (QED) is 0.921. The zero-order valence-corrected chi connectivity index (χ0v) is 13.5. The number of methoxy groups -OCH3 is 1. The van der Waals surface area contributed by atoms with Crippen LogP contribution >= 0.6 is 0 Å². The third-order valence-electron chi connectivity index (χ3n) is 3.58. The molecule has 0 unspecified atom stereocenters. The summed E-state index contributed by atoms with van der Waals surface area (Å²) < 4.78 is 5.35. The van der Waals surface area contributed by atoms with Gasteiger partial charge in [-0.1, -0.05) is 24.3 Å². The van der Waals surface area contributed by atoms with Gasteiger partial charge in [-0.25, -0.2) is 0 Å². The molecule has 0 aliphatic heterocycles. The summed E-state index contributed by atoms with van der Waals surface area (Å²) >= 11 is 0. The molecule has 116 valence electrons. The van der Waals surface area contributed by atoms with E-state index in [1.54, 1.807) is 7.11 Å². The first-order chi connectivity index (χ1) is 10.5. The Morgan fingerprint density at radius 2 is 1.86 bits per heavy atom. The molecule has 0 heterocycles. The van der Waals surface area contributed by atoms with Crippen molar-refractivity contribution in [1.29, 1.82) is 0 Å². The van der Waals surface area contributed by atoms with Gasteiger partial charge in [-0.3, -0.25) is 4.79 Å². The largest absolute Gasteiger partial charge is 0.496 e. The number of benzene rings is 2. The number of amides is 1. The summed E-state index contributed by atoms with van der Waals surface area (Å²) in [7, 11) is 5.54. The molecule has 0 saturated heterocycles. The fraction of sp³-hybridized carbons (Fsp3) is 0.278. The number of anilines is 1. The number of para-hydroxylation sites is 1. The van der Waals surface area contributed by atoms with E-state index in [1.165, 1.54) is 0 Å². The minimum absolute atomic E-state index is 0.0953. The first-order valence-corrected chi connectivity index (χ1v) is 7.24. The summed E-state index contributed by atoms with van der Waals surface area (Å²) in [4.78, 5) is 14.4. The summed E-state index contributed by atoms with van der Waals surface area (Å²) in [5.74, 6) is 0.680. The van der Waals surface area contributed by atoms with Crippen molar-refractivity contribution in [1.82, 2.24) is 5.32 Å². The third-order valence-corrected chi connectivity index (χ3v) is 3.58. The molecule has 2 aromatic rings. The van der Waals surface area contributed by atoms with Gasteiger partial charge in [0.1, 0.15) is 5.75 Å². The highest BCUT2D eigenvalue weighted by Gasteiger charge is 2.15. The van der Waals surface area contributed by atoms with Crippen molar-refractivity contribution >= 4 is 11.6 Å². The number of hydrogen-bond donors (Lipinski definition) is 1. The van der Waals surface area contributed by atoms with E-state index in [1.807, 2.05) is 74.4 Å². The first-order valence-electron chi connectivity index (χ1n) is 7.24. The highest BCUT2D eigenvalue weighted by atomic mass is 16.5. The average Bonchev–Trinajstić information content (AvgIpc) is 2.54. The Balaban J connectivity index is 2.16. The van der Waals surface area contributed by atoms with E-state index in [0.717, 1.165) is 17.0 Å². The van der Waals surface area contributed by atoms with E-state index in [0.29, 0.717) is 5.56 Å². The zero-order valence-electron chi connectivity index (χ0n) is 13.5. The molecule has 2 rings (SSSR count). The van der Waals surface area contributed by atoms with Crippen LogP contribution in [0.15, 0.2) is 48.5 Å². The number of carbonyl (C=O) groups is 1. The van der Waals surface area contributed by atoms with Crippen LogP contribution in [0.1, 0.15) is 28.9 Å². The topological polar surface area (TPSA) is 41.6 Å². The van der Waals surface area contributed by atoms with Gasteiger partial charge in [0.25, 0.3) is 5.91 Å². The lowest BCUT2D eigenvalue weighted by atomic mass is 10.1. The SMILES string of the molecule is COc1ccccc1[C@@H](C)NC(=O)c1cccc(N(C)C)c1. The van der Waals surface area contributed by atoms with Crippen molar-refractivity contribution in [3.63, 3.8) is 0 Å². The standard InChI is InChI=1S/C18H22N2O2/c1-13(16-10-5-6-11-17(16)22-4)19-18(21)14-8-7-9-15(12-14)20(2)3/h5-13H,1-4H3,(H,19,21)/t13-/m1/s1. The molecular weight excluding hydrogens is 276 g/mol. The second-order valence-corrected chi connectivity index (χ2v) is 5.38. The lowest BCUT2D eigenvalue weighted by Gasteiger charge is -2.18. The Morgan fingerprint density at radius 1 is 1.14 bits per heavy atom. The Morgan fingerprint density at radius 3 is 2.55 bits per heavy atom. The van der Waals surface area contributed by atoms with Crippen LogP contribution in [-0.2, 0) is 0 Å². The third kappa shape index (κ3) is 3.58. The Labute approximate surface area is 131 Å². The molecule has 22 heavy (non-hydrogen) atoms. The summed E-state index contributed by atoms with van der Waals surface area (Å²) in [5.41, 5.74) is 2.60. The predicted octanol–water partition coefficient (Wildman–Crippen LogP) is 3.25. The summed E-state index contributed by atoms with van der Waals surface area (Å²) in [6, 6.07) is 15.1. The lowest BCUT2D eigenvalue weighted by molar-refractivity contribution is 0.0939.